The fourth-order valence-corrected chi connectivity index (χ4v) is 3.43. The molecule has 2 rings (SSSR count). The van der Waals surface area contributed by atoms with Gasteiger partial charge < -0.3 is 10.5 Å². The lowest BCUT2D eigenvalue weighted by atomic mass is 9.76. The summed E-state index contributed by atoms with van der Waals surface area (Å²) in [5.74, 6) is 2.27. The molecule has 0 aliphatic heterocycles. The molecule has 0 radical (unpaired) electrons. The fraction of sp³-hybridized carbons (Fsp3) is 0.647. The molecule has 1 fully saturated rings. The van der Waals surface area contributed by atoms with Gasteiger partial charge in [-0.25, -0.2) is 0 Å². The Balaban J connectivity index is 2.17. The van der Waals surface area contributed by atoms with Crippen LogP contribution in [0, 0.1) is 12.8 Å². The van der Waals surface area contributed by atoms with E-state index in [4.69, 9.17) is 10.5 Å². The van der Waals surface area contributed by atoms with Crippen LogP contribution in [-0.4, -0.2) is 13.2 Å². The second-order valence-electron chi connectivity index (χ2n) is 5.69. The summed E-state index contributed by atoms with van der Waals surface area (Å²) in [6.07, 6.45) is 6.83. The molecule has 1 atom stereocenters. The highest BCUT2D eigenvalue weighted by atomic mass is 16.5. The van der Waals surface area contributed by atoms with Crippen molar-refractivity contribution in [2.75, 3.05) is 13.2 Å². The topological polar surface area (TPSA) is 35.2 Å². The molecule has 1 aliphatic carbocycles. The number of hydrogen-bond donors (Lipinski definition) is 1. The molecule has 106 valence electrons. The normalized spacial score (nSPS) is 18.3. The van der Waals surface area contributed by atoms with E-state index < -0.39 is 0 Å². The van der Waals surface area contributed by atoms with Crippen molar-refractivity contribution in [2.24, 2.45) is 11.7 Å². The van der Waals surface area contributed by atoms with Crippen LogP contribution < -0.4 is 10.5 Å². The number of ether oxygens (including phenoxy) is 1. The maximum Gasteiger partial charge on any atom is 0.119 e. The third-order valence-corrected chi connectivity index (χ3v) is 4.42. The van der Waals surface area contributed by atoms with Gasteiger partial charge in [0.1, 0.15) is 5.75 Å². The first-order valence-corrected chi connectivity index (χ1v) is 7.69. The minimum atomic E-state index is 0.524. The van der Waals surface area contributed by atoms with Crippen molar-refractivity contribution in [1.29, 1.82) is 0 Å². The molecule has 0 heterocycles. The van der Waals surface area contributed by atoms with Gasteiger partial charge in [0.05, 0.1) is 6.61 Å². The van der Waals surface area contributed by atoms with E-state index in [2.05, 4.69) is 25.1 Å². The van der Waals surface area contributed by atoms with Crippen molar-refractivity contribution in [3.63, 3.8) is 0 Å². The first-order chi connectivity index (χ1) is 9.26. The highest BCUT2D eigenvalue weighted by molar-refractivity contribution is 5.37. The van der Waals surface area contributed by atoms with Crippen molar-refractivity contribution in [3.8, 4) is 5.75 Å². The van der Waals surface area contributed by atoms with E-state index >= 15 is 0 Å². The molecule has 1 aliphatic rings. The number of hydrogen-bond acceptors (Lipinski definition) is 2. The zero-order valence-corrected chi connectivity index (χ0v) is 12.3. The van der Waals surface area contributed by atoms with Crippen LogP contribution in [0.2, 0.25) is 0 Å². The first kappa shape index (κ1) is 14.4. The van der Waals surface area contributed by atoms with E-state index in [1.165, 1.54) is 43.2 Å². The Hall–Kier alpha value is -1.02. The summed E-state index contributed by atoms with van der Waals surface area (Å²) < 4.78 is 5.57. The molecule has 1 unspecified atom stereocenters. The summed E-state index contributed by atoms with van der Waals surface area (Å²) in [4.78, 5) is 0. The molecule has 0 amide bonds. The second kappa shape index (κ2) is 6.95. The molecule has 2 heteroatoms. The maximum absolute atomic E-state index is 6.07. The van der Waals surface area contributed by atoms with Gasteiger partial charge in [-0.05, 0) is 68.3 Å². The number of aryl methyl sites for hydroxylation is 1. The first-order valence-electron chi connectivity index (χ1n) is 7.69. The maximum atomic E-state index is 6.07. The SMILES string of the molecule is CCOc1ccc(C(CN)C2CCCCC2)c(C)c1. The van der Waals surface area contributed by atoms with Gasteiger partial charge in [-0.2, -0.15) is 0 Å². The second-order valence-corrected chi connectivity index (χ2v) is 5.69. The van der Waals surface area contributed by atoms with Crippen LogP contribution in [0.3, 0.4) is 0 Å². The Morgan fingerprint density at radius 1 is 1.26 bits per heavy atom. The van der Waals surface area contributed by atoms with Gasteiger partial charge in [0.25, 0.3) is 0 Å². The van der Waals surface area contributed by atoms with E-state index in [-0.39, 0.29) is 0 Å². The summed E-state index contributed by atoms with van der Waals surface area (Å²) in [7, 11) is 0. The molecule has 2 nitrogen and oxygen atoms in total. The Kier molecular flexibility index (Phi) is 5.26. The molecule has 1 saturated carbocycles. The van der Waals surface area contributed by atoms with Gasteiger partial charge in [-0.3, -0.25) is 0 Å². The predicted molar refractivity (Wildman–Crippen MR) is 80.7 cm³/mol. The standard InChI is InChI=1S/C17H27NO/c1-3-19-15-9-10-16(13(2)11-15)17(12-18)14-7-5-4-6-8-14/h9-11,14,17H,3-8,12,18H2,1-2H3. The average molecular weight is 261 g/mol. The lowest BCUT2D eigenvalue weighted by Gasteiger charge is -2.30. The lowest BCUT2D eigenvalue weighted by Crippen LogP contribution is -2.24. The Bertz CT molecular complexity index is 396. The van der Waals surface area contributed by atoms with Crippen molar-refractivity contribution < 1.29 is 4.74 Å². The zero-order chi connectivity index (χ0) is 13.7. The minimum Gasteiger partial charge on any atom is -0.494 e. The molecule has 1 aromatic carbocycles. The monoisotopic (exact) mass is 261 g/mol. The van der Waals surface area contributed by atoms with Crippen LogP contribution in [0.4, 0.5) is 0 Å². The Morgan fingerprint density at radius 2 is 2.00 bits per heavy atom. The predicted octanol–water partition coefficient (Wildman–Crippen LogP) is 4.02. The summed E-state index contributed by atoms with van der Waals surface area (Å²) >= 11 is 0. The molecule has 2 N–H and O–H groups in total. The average Bonchev–Trinajstić information content (AvgIpc) is 2.43. The van der Waals surface area contributed by atoms with Gasteiger partial charge >= 0.3 is 0 Å². The molecule has 0 aromatic heterocycles. The van der Waals surface area contributed by atoms with Gasteiger partial charge in [-0.1, -0.05) is 25.3 Å². The van der Waals surface area contributed by atoms with Crippen LogP contribution in [0.1, 0.15) is 56.1 Å². The van der Waals surface area contributed by atoms with Gasteiger partial charge in [0.15, 0.2) is 0 Å². The lowest BCUT2D eigenvalue weighted by molar-refractivity contribution is 0.306. The summed E-state index contributed by atoms with van der Waals surface area (Å²) in [6, 6.07) is 6.48. The van der Waals surface area contributed by atoms with E-state index in [1.807, 2.05) is 6.92 Å². The van der Waals surface area contributed by atoms with Crippen LogP contribution in [0.5, 0.6) is 5.75 Å². The van der Waals surface area contributed by atoms with Gasteiger partial charge in [0, 0.05) is 0 Å². The minimum absolute atomic E-state index is 0.524. The number of nitrogens with two attached hydrogens (primary N) is 1. The molecule has 19 heavy (non-hydrogen) atoms. The quantitative estimate of drug-likeness (QED) is 0.869. The van der Waals surface area contributed by atoms with Gasteiger partial charge in [-0.15, -0.1) is 0 Å². The molecule has 1 aromatic rings. The number of rotatable bonds is 5. The van der Waals surface area contributed by atoms with Crippen LogP contribution in [0.25, 0.3) is 0 Å². The molecule has 0 bridgehead atoms. The van der Waals surface area contributed by atoms with Crippen LogP contribution in [0.15, 0.2) is 18.2 Å². The Morgan fingerprint density at radius 3 is 2.58 bits per heavy atom. The molecule has 0 saturated heterocycles. The van der Waals surface area contributed by atoms with Crippen molar-refractivity contribution >= 4 is 0 Å². The van der Waals surface area contributed by atoms with E-state index in [0.29, 0.717) is 5.92 Å². The molecular formula is C17H27NO. The van der Waals surface area contributed by atoms with Crippen molar-refractivity contribution in [2.45, 2.75) is 51.9 Å². The van der Waals surface area contributed by atoms with E-state index in [1.54, 1.807) is 0 Å². The summed E-state index contributed by atoms with van der Waals surface area (Å²) in [6.45, 7) is 5.69. The van der Waals surface area contributed by atoms with Crippen molar-refractivity contribution in [1.82, 2.24) is 0 Å². The van der Waals surface area contributed by atoms with Crippen LogP contribution in [-0.2, 0) is 0 Å². The number of benzene rings is 1. The smallest absolute Gasteiger partial charge is 0.119 e. The third-order valence-electron chi connectivity index (χ3n) is 4.42. The van der Waals surface area contributed by atoms with E-state index in [9.17, 15) is 0 Å². The Labute approximate surface area is 117 Å². The van der Waals surface area contributed by atoms with Crippen LogP contribution >= 0.6 is 0 Å². The van der Waals surface area contributed by atoms with E-state index in [0.717, 1.165) is 24.8 Å². The fourth-order valence-electron chi connectivity index (χ4n) is 3.43. The highest BCUT2D eigenvalue weighted by Gasteiger charge is 2.25. The summed E-state index contributed by atoms with van der Waals surface area (Å²) in [5, 5.41) is 0. The van der Waals surface area contributed by atoms with Gasteiger partial charge in [0.2, 0.25) is 0 Å². The molecular weight excluding hydrogens is 234 g/mol. The van der Waals surface area contributed by atoms with Crippen molar-refractivity contribution in [3.05, 3.63) is 29.3 Å². The third kappa shape index (κ3) is 3.50. The zero-order valence-electron chi connectivity index (χ0n) is 12.3. The largest absolute Gasteiger partial charge is 0.494 e. The summed E-state index contributed by atoms with van der Waals surface area (Å²) in [5.41, 5.74) is 8.82. The highest BCUT2D eigenvalue weighted by Crippen LogP contribution is 2.37. The molecule has 0 spiro atoms.